The van der Waals surface area contributed by atoms with Gasteiger partial charge in [-0.05, 0) is 42.3 Å². The Morgan fingerprint density at radius 2 is 2.00 bits per heavy atom. The fourth-order valence-electron chi connectivity index (χ4n) is 1.56. The molecule has 0 aliphatic rings. The molecule has 2 aromatic rings. The number of aryl methyl sites for hydroxylation is 1. The molecule has 0 saturated carbocycles. The lowest BCUT2D eigenvalue weighted by Crippen LogP contribution is -1.94. The number of aromatic nitrogens is 1. The van der Waals surface area contributed by atoms with Crippen molar-refractivity contribution in [3.63, 3.8) is 0 Å². The van der Waals surface area contributed by atoms with Gasteiger partial charge >= 0.3 is 0 Å². The van der Waals surface area contributed by atoms with Crippen molar-refractivity contribution >= 4 is 5.82 Å². The quantitative estimate of drug-likeness (QED) is 0.814. The summed E-state index contributed by atoms with van der Waals surface area (Å²) in [6.07, 6.45) is 1.57. The van der Waals surface area contributed by atoms with Crippen LogP contribution in [-0.2, 0) is 0 Å². The molecule has 1 aromatic carbocycles. The Bertz CT molecular complexity index is 615. The van der Waals surface area contributed by atoms with Crippen molar-refractivity contribution in [2.75, 3.05) is 5.73 Å². The van der Waals surface area contributed by atoms with E-state index in [2.05, 4.69) is 4.98 Å². The molecule has 2 rings (SSSR count). The van der Waals surface area contributed by atoms with E-state index >= 15 is 0 Å². The third kappa shape index (κ3) is 2.23. The smallest absolute Gasteiger partial charge is 0.126 e. The predicted molar refractivity (Wildman–Crippen MR) is 63.5 cm³/mol. The molecule has 0 radical (unpaired) electrons. The monoisotopic (exact) mass is 227 g/mol. The van der Waals surface area contributed by atoms with Crippen molar-refractivity contribution in [2.45, 2.75) is 6.92 Å². The first-order valence-corrected chi connectivity index (χ1v) is 5.03. The second kappa shape index (κ2) is 4.22. The number of anilines is 1. The van der Waals surface area contributed by atoms with E-state index in [1.54, 1.807) is 12.3 Å². The molecule has 84 valence electrons. The molecular weight excluding hydrogens is 217 g/mol. The highest BCUT2D eigenvalue weighted by Crippen LogP contribution is 2.23. The molecule has 17 heavy (non-hydrogen) atoms. The summed E-state index contributed by atoms with van der Waals surface area (Å²) in [5.74, 6) is 0.0131. The van der Waals surface area contributed by atoms with E-state index in [0.717, 1.165) is 11.1 Å². The van der Waals surface area contributed by atoms with E-state index in [9.17, 15) is 4.39 Å². The summed E-state index contributed by atoms with van der Waals surface area (Å²) in [5, 5.41) is 8.78. The molecule has 0 saturated heterocycles. The van der Waals surface area contributed by atoms with E-state index < -0.39 is 5.82 Å². The highest BCUT2D eigenvalue weighted by atomic mass is 19.1. The van der Waals surface area contributed by atoms with Gasteiger partial charge in [-0.2, -0.15) is 5.26 Å². The molecule has 2 N–H and O–H groups in total. The first-order valence-electron chi connectivity index (χ1n) is 5.03. The number of rotatable bonds is 1. The lowest BCUT2D eigenvalue weighted by atomic mass is 10.0. The van der Waals surface area contributed by atoms with Crippen LogP contribution in [0.15, 0.2) is 30.5 Å². The topological polar surface area (TPSA) is 62.7 Å². The van der Waals surface area contributed by atoms with Gasteiger partial charge in [0.25, 0.3) is 0 Å². The number of nitrogens with two attached hydrogens (primary N) is 1. The number of nitrogen functional groups attached to an aromatic ring is 1. The van der Waals surface area contributed by atoms with Crippen LogP contribution < -0.4 is 5.73 Å². The zero-order valence-corrected chi connectivity index (χ0v) is 9.24. The maximum Gasteiger partial charge on any atom is 0.126 e. The van der Waals surface area contributed by atoms with E-state index in [0.29, 0.717) is 11.4 Å². The van der Waals surface area contributed by atoms with Crippen molar-refractivity contribution in [1.82, 2.24) is 4.98 Å². The Hall–Kier alpha value is -2.41. The predicted octanol–water partition coefficient (Wildman–Crippen LogP) is 2.65. The average molecular weight is 227 g/mol. The second-order valence-corrected chi connectivity index (χ2v) is 3.77. The molecule has 0 unspecified atom stereocenters. The summed E-state index contributed by atoms with van der Waals surface area (Å²) in [5.41, 5.74) is 8.09. The van der Waals surface area contributed by atoms with Crippen molar-refractivity contribution in [1.29, 1.82) is 5.26 Å². The average Bonchev–Trinajstić information content (AvgIpc) is 2.32. The summed E-state index contributed by atoms with van der Waals surface area (Å²) in [6.45, 7) is 1.83. The van der Waals surface area contributed by atoms with Crippen LogP contribution in [0.3, 0.4) is 0 Å². The molecule has 3 nitrogen and oxygen atoms in total. The number of nitrogens with zero attached hydrogens (tertiary/aromatic N) is 2. The number of nitriles is 1. The van der Waals surface area contributed by atoms with Gasteiger partial charge in [0.2, 0.25) is 0 Å². The molecule has 0 aliphatic carbocycles. The Kier molecular flexibility index (Phi) is 2.75. The van der Waals surface area contributed by atoms with Gasteiger partial charge in [0, 0.05) is 11.8 Å². The number of benzene rings is 1. The molecule has 0 amide bonds. The Morgan fingerprint density at radius 3 is 2.65 bits per heavy atom. The first-order chi connectivity index (χ1) is 8.10. The summed E-state index contributed by atoms with van der Waals surface area (Å²) >= 11 is 0. The minimum atomic E-state index is -0.437. The molecule has 0 spiro atoms. The first kappa shape index (κ1) is 11.1. The molecule has 0 atom stereocenters. The van der Waals surface area contributed by atoms with Gasteiger partial charge in [-0.25, -0.2) is 9.37 Å². The van der Waals surface area contributed by atoms with E-state index in [-0.39, 0.29) is 5.56 Å². The highest BCUT2D eigenvalue weighted by molar-refractivity contribution is 5.66. The number of pyridine rings is 1. The van der Waals surface area contributed by atoms with Gasteiger partial charge in [-0.15, -0.1) is 0 Å². The van der Waals surface area contributed by atoms with Crippen LogP contribution in [0.5, 0.6) is 0 Å². The number of halogens is 1. The van der Waals surface area contributed by atoms with Crippen LogP contribution in [0.4, 0.5) is 10.2 Å². The van der Waals surface area contributed by atoms with Crippen molar-refractivity contribution < 1.29 is 4.39 Å². The van der Waals surface area contributed by atoms with Crippen LogP contribution in [-0.4, -0.2) is 4.98 Å². The van der Waals surface area contributed by atoms with Gasteiger partial charge in [-0.1, -0.05) is 0 Å². The van der Waals surface area contributed by atoms with Crippen molar-refractivity contribution in [3.05, 3.63) is 47.4 Å². The van der Waals surface area contributed by atoms with Crippen LogP contribution >= 0.6 is 0 Å². The zero-order chi connectivity index (χ0) is 12.4. The maximum absolute atomic E-state index is 13.3. The molecular formula is C13H10FN3. The Morgan fingerprint density at radius 1 is 1.24 bits per heavy atom. The summed E-state index contributed by atoms with van der Waals surface area (Å²) in [4.78, 5) is 4.01. The summed E-state index contributed by atoms with van der Waals surface area (Å²) < 4.78 is 13.3. The van der Waals surface area contributed by atoms with Crippen LogP contribution in [0.2, 0.25) is 0 Å². The van der Waals surface area contributed by atoms with Crippen LogP contribution in [0.1, 0.15) is 11.1 Å². The van der Waals surface area contributed by atoms with E-state index in [4.69, 9.17) is 11.0 Å². The zero-order valence-electron chi connectivity index (χ0n) is 9.24. The van der Waals surface area contributed by atoms with E-state index in [1.165, 1.54) is 12.1 Å². The van der Waals surface area contributed by atoms with E-state index in [1.807, 2.05) is 19.1 Å². The Labute approximate surface area is 98.3 Å². The largest absolute Gasteiger partial charge is 0.383 e. The molecule has 0 fully saturated rings. The van der Waals surface area contributed by atoms with Gasteiger partial charge < -0.3 is 5.73 Å². The second-order valence-electron chi connectivity index (χ2n) is 3.77. The third-order valence-electron chi connectivity index (χ3n) is 2.48. The minimum absolute atomic E-state index is 0.287. The lowest BCUT2D eigenvalue weighted by Gasteiger charge is -2.05. The lowest BCUT2D eigenvalue weighted by molar-refractivity contribution is 0.628. The van der Waals surface area contributed by atoms with Crippen molar-refractivity contribution in [2.24, 2.45) is 0 Å². The summed E-state index contributed by atoms with van der Waals surface area (Å²) in [7, 11) is 0. The number of hydrogen-bond acceptors (Lipinski definition) is 3. The number of hydrogen-bond donors (Lipinski definition) is 1. The van der Waals surface area contributed by atoms with Gasteiger partial charge in [-0.3, -0.25) is 0 Å². The van der Waals surface area contributed by atoms with Crippen LogP contribution in [0, 0.1) is 24.1 Å². The Balaban J connectivity index is 2.56. The fraction of sp³-hybridized carbons (Fsp3) is 0.0769. The SMILES string of the molecule is Cc1cc(-c2cc(F)cc(C#N)c2)cnc1N. The molecule has 0 bridgehead atoms. The standard InChI is InChI=1S/C13H10FN3/c1-8-2-11(7-17-13(8)16)10-3-9(6-15)4-12(14)5-10/h2-5,7H,1H3,(H2,16,17). The molecule has 4 heteroatoms. The van der Waals surface area contributed by atoms with Gasteiger partial charge in [0.05, 0.1) is 11.6 Å². The highest BCUT2D eigenvalue weighted by Gasteiger charge is 2.05. The van der Waals surface area contributed by atoms with Crippen LogP contribution in [0.25, 0.3) is 11.1 Å². The minimum Gasteiger partial charge on any atom is -0.383 e. The molecule has 0 aliphatic heterocycles. The van der Waals surface area contributed by atoms with Gasteiger partial charge in [0.1, 0.15) is 11.6 Å². The third-order valence-corrected chi connectivity index (χ3v) is 2.48. The summed E-state index contributed by atoms with van der Waals surface area (Å²) in [6, 6.07) is 7.92. The normalized spacial score (nSPS) is 9.94. The fourth-order valence-corrected chi connectivity index (χ4v) is 1.56. The van der Waals surface area contributed by atoms with Gasteiger partial charge in [0.15, 0.2) is 0 Å². The molecule has 1 heterocycles. The maximum atomic E-state index is 13.3. The molecule has 1 aromatic heterocycles. The van der Waals surface area contributed by atoms with Crippen molar-refractivity contribution in [3.8, 4) is 17.2 Å².